The van der Waals surface area contributed by atoms with E-state index in [1.54, 1.807) is 0 Å². The van der Waals surface area contributed by atoms with E-state index in [0.717, 1.165) is 0 Å². The van der Waals surface area contributed by atoms with E-state index in [0.29, 0.717) is 0 Å². The molecule has 0 saturated carbocycles. The van der Waals surface area contributed by atoms with E-state index in [-0.39, 0.29) is 25.6 Å². The van der Waals surface area contributed by atoms with Crippen LogP contribution >= 0.6 is 24.0 Å². The minimum Gasteiger partial charge on any atom is -0.395 e. The van der Waals surface area contributed by atoms with Gasteiger partial charge in [0.25, 0.3) is 0 Å². The molecule has 0 aromatic rings. The standard InChI is InChI=1S/C3H7ClO2.ClH/c4-3(1-5)2-6;/h3,5-6H,1-2H2;1H. The van der Waals surface area contributed by atoms with Gasteiger partial charge in [-0.2, -0.15) is 0 Å². The summed E-state index contributed by atoms with van der Waals surface area (Å²) >= 11 is 5.15. The van der Waals surface area contributed by atoms with E-state index in [4.69, 9.17) is 21.8 Å². The van der Waals surface area contributed by atoms with E-state index in [9.17, 15) is 0 Å². The van der Waals surface area contributed by atoms with Crippen LogP contribution in [0.3, 0.4) is 0 Å². The van der Waals surface area contributed by atoms with E-state index >= 15 is 0 Å². The second-order valence-electron chi connectivity index (χ2n) is 0.962. The first-order valence-electron chi connectivity index (χ1n) is 1.67. The molecule has 0 unspecified atom stereocenters. The summed E-state index contributed by atoms with van der Waals surface area (Å²) in [4.78, 5) is 0. The molecule has 4 heteroatoms. The molecular weight excluding hydrogens is 139 g/mol. The number of aliphatic hydroxyl groups excluding tert-OH is 2. The summed E-state index contributed by atoms with van der Waals surface area (Å²) in [6, 6.07) is 0. The molecule has 0 heterocycles. The Hall–Kier alpha value is 0.500. The summed E-state index contributed by atoms with van der Waals surface area (Å²) < 4.78 is 0. The number of hydrogen-bond acceptors (Lipinski definition) is 2. The topological polar surface area (TPSA) is 40.5 Å². The average Bonchev–Trinajstić information content (AvgIpc) is 1.65. The van der Waals surface area contributed by atoms with Gasteiger partial charge in [-0.25, -0.2) is 0 Å². The van der Waals surface area contributed by atoms with Gasteiger partial charge in [0, 0.05) is 0 Å². The van der Waals surface area contributed by atoms with Crippen molar-refractivity contribution in [3.63, 3.8) is 0 Å². The Labute approximate surface area is 53.5 Å². The van der Waals surface area contributed by atoms with Crippen molar-refractivity contribution >= 4 is 24.0 Å². The van der Waals surface area contributed by atoms with Crippen LogP contribution in [0, 0.1) is 0 Å². The van der Waals surface area contributed by atoms with Crippen molar-refractivity contribution < 1.29 is 10.2 Å². The third-order valence-corrected chi connectivity index (χ3v) is 0.672. The molecule has 0 atom stereocenters. The maximum atomic E-state index is 8.04. The molecule has 0 fully saturated rings. The van der Waals surface area contributed by atoms with Crippen LogP contribution in [-0.2, 0) is 0 Å². The fraction of sp³-hybridized carbons (Fsp3) is 1.00. The summed E-state index contributed by atoms with van der Waals surface area (Å²) in [5.41, 5.74) is 0. The molecule has 0 spiro atoms. The van der Waals surface area contributed by atoms with Crippen molar-refractivity contribution in [2.75, 3.05) is 13.2 Å². The van der Waals surface area contributed by atoms with Crippen LogP contribution in [0.5, 0.6) is 0 Å². The fourth-order valence-electron chi connectivity index (χ4n) is 0.0577. The monoisotopic (exact) mass is 146 g/mol. The highest BCUT2D eigenvalue weighted by molar-refractivity contribution is 6.20. The van der Waals surface area contributed by atoms with Crippen LogP contribution in [-0.4, -0.2) is 28.8 Å². The molecule has 2 nitrogen and oxygen atoms in total. The zero-order valence-corrected chi connectivity index (χ0v) is 5.24. The maximum Gasteiger partial charge on any atom is 0.0797 e. The highest BCUT2D eigenvalue weighted by atomic mass is 35.5. The van der Waals surface area contributed by atoms with Crippen LogP contribution in [0.4, 0.5) is 0 Å². The number of aliphatic hydroxyl groups is 2. The number of halogens is 2. The molecule has 0 aliphatic rings. The smallest absolute Gasteiger partial charge is 0.0797 e. The molecule has 0 amide bonds. The molecule has 46 valence electrons. The quantitative estimate of drug-likeness (QED) is 0.539. The van der Waals surface area contributed by atoms with Crippen molar-refractivity contribution in [3.8, 4) is 0 Å². The minimum absolute atomic E-state index is 0. The Morgan fingerprint density at radius 2 is 1.57 bits per heavy atom. The lowest BCUT2D eigenvalue weighted by molar-refractivity contribution is 0.226. The Balaban J connectivity index is 0. The van der Waals surface area contributed by atoms with Crippen molar-refractivity contribution in [2.45, 2.75) is 5.38 Å². The van der Waals surface area contributed by atoms with Gasteiger partial charge < -0.3 is 10.2 Å². The minimum atomic E-state index is -0.481. The first-order valence-corrected chi connectivity index (χ1v) is 2.10. The molecule has 0 rings (SSSR count). The molecule has 0 saturated heterocycles. The average molecular weight is 147 g/mol. The van der Waals surface area contributed by atoms with Gasteiger partial charge in [0.1, 0.15) is 0 Å². The Bertz CT molecular complexity index is 30.1. The summed E-state index contributed by atoms with van der Waals surface area (Å²) in [5.74, 6) is 0. The molecular formula is C3H8Cl2O2. The Morgan fingerprint density at radius 1 is 1.29 bits per heavy atom. The molecule has 2 N–H and O–H groups in total. The second kappa shape index (κ2) is 6.50. The number of alkyl halides is 1. The third-order valence-electron chi connectivity index (χ3n) is 0.396. The molecule has 0 aliphatic heterocycles. The number of rotatable bonds is 2. The summed E-state index contributed by atoms with van der Waals surface area (Å²) in [6.45, 7) is -0.309. The van der Waals surface area contributed by atoms with Crippen LogP contribution in [0.2, 0.25) is 0 Å². The molecule has 0 aliphatic carbocycles. The van der Waals surface area contributed by atoms with Crippen molar-refractivity contribution in [3.05, 3.63) is 0 Å². The van der Waals surface area contributed by atoms with Gasteiger partial charge >= 0.3 is 0 Å². The first kappa shape index (κ1) is 10.5. The Kier molecular flexibility index (Phi) is 9.73. The molecule has 0 bridgehead atoms. The van der Waals surface area contributed by atoms with Crippen LogP contribution in [0.15, 0.2) is 0 Å². The van der Waals surface area contributed by atoms with Gasteiger partial charge in [-0.1, -0.05) is 0 Å². The van der Waals surface area contributed by atoms with Gasteiger partial charge in [0.05, 0.1) is 18.6 Å². The lowest BCUT2D eigenvalue weighted by atomic mass is 10.5. The van der Waals surface area contributed by atoms with Gasteiger partial charge in [-0.3, -0.25) is 0 Å². The summed E-state index contributed by atoms with van der Waals surface area (Å²) in [6.07, 6.45) is 0. The van der Waals surface area contributed by atoms with Crippen molar-refractivity contribution in [1.29, 1.82) is 0 Å². The molecule has 0 aromatic carbocycles. The van der Waals surface area contributed by atoms with Crippen LogP contribution in [0.25, 0.3) is 0 Å². The maximum absolute atomic E-state index is 8.04. The zero-order valence-electron chi connectivity index (χ0n) is 3.67. The van der Waals surface area contributed by atoms with Gasteiger partial charge in [-0.15, -0.1) is 24.0 Å². The van der Waals surface area contributed by atoms with Crippen LogP contribution < -0.4 is 0 Å². The second-order valence-corrected chi connectivity index (χ2v) is 1.58. The predicted octanol–water partition coefficient (Wildman–Crippen LogP) is 0.000200. The van der Waals surface area contributed by atoms with E-state index in [1.165, 1.54) is 0 Å². The highest BCUT2D eigenvalue weighted by Crippen LogP contribution is 1.88. The van der Waals surface area contributed by atoms with Gasteiger partial charge in [-0.05, 0) is 0 Å². The SMILES string of the molecule is Cl.OCC(Cl)CO. The highest BCUT2D eigenvalue weighted by Gasteiger charge is 1.94. The van der Waals surface area contributed by atoms with Crippen LogP contribution in [0.1, 0.15) is 0 Å². The van der Waals surface area contributed by atoms with Crippen molar-refractivity contribution in [1.82, 2.24) is 0 Å². The third kappa shape index (κ3) is 6.50. The lowest BCUT2D eigenvalue weighted by Gasteiger charge is -1.94. The van der Waals surface area contributed by atoms with E-state index < -0.39 is 5.38 Å². The summed E-state index contributed by atoms with van der Waals surface area (Å²) in [7, 11) is 0. The zero-order chi connectivity index (χ0) is 4.99. The largest absolute Gasteiger partial charge is 0.395 e. The van der Waals surface area contributed by atoms with Gasteiger partial charge in [0.2, 0.25) is 0 Å². The van der Waals surface area contributed by atoms with Crippen molar-refractivity contribution in [2.24, 2.45) is 0 Å². The normalized spacial score (nSPS) is 8.57. The number of hydrogen-bond donors (Lipinski definition) is 2. The fourth-order valence-corrected chi connectivity index (χ4v) is 0.0577. The lowest BCUT2D eigenvalue weighted by Crippen LogP contribution is -2.08. The van der Waals surface area contributed by atoms with E-state index in [2.05, 4.69) is 0 Å². The summed E-state index contributed by atoms with van der Waals surface area (Å²) in [5, 5.41) is 15.6. The molecule has 7 heavy (non-hydrogen) atoms. The predicted molar refractivity (Wildman–Crippen MR) is 31.1 cm³/mol. The van der Waals surface area contributed by atoms with Gasteiger partial charge in [0.15, 0.2) is 0 Å². The Morgan fingerprint density at radius 3 is 1.57 bits per heavy atom. The van der Waals surface area contributed by atoms with E-state index in [1.807, 2.05) is 0 Å². The molecule has 0 radical (unpaired) electrons. The molecule has 0 aromatic heterocycles. The first-order chi connectivity index (χ1) is 2.81.